The van der Waals surface area contributed by atoms with Gasteiger partial charge in [-0.1, -0.05) is 36.4 Å². The number of carbonyl (C=O) groups is 1. The van der Waals surface area contributed by atoms with Gasteiger partial charge in [-0.25, -0.2) is 31.9 Å². The molecule has 5 rings (SSSR count). The van der Waals surface area contributed by atoms with E-state index in [1.807, 2.05) is 42.5 Å². The molecular formula is C28H21F5N4O. The second-order valence-corrected chi connectivity index (χ2v) is 8.99. The number of halogens is 5. The number of amides is 1. The van der Waals surface area contributed by atoms with Crippen LogP contribution in [0.3, 0.4) is 0 Å². The average molecular weight is 524 g/mol. The van der Waals surface area contributed by atoms with Crippen LogP contribution in [0.4, 0.5) is 33.5 Å². The Hall–Kier alpha value is -4.34. The third-order valence-corrected chi connectivity index (χ3v) is 6.44. The number of hydrogen-bond acceptors (Lipinski definition) is 4. The summed E-state index contributed by atoms with van der Waals surface area (Å²) >= 11 is 0. The van der Waals surface area contributed by atoms with E-state index < -0.39 is 47.0 Å². The molecular weight excluding hydrogens is 503 g/mol. The highest BCUT2D eigenvalue weighted by Gasteiger charge is 2.28. The van der Waals surface area contributed by atoms with Crippen LogP contribution < -0.4 is 11.1 Å². The second kappa shape index (κ2) is 10.2. The number of benzene rings is 3. The van der Waals surface area contributed by atoms with E-state index in [0.29, 0.717) is 48.5 Å². The number of anilines is 2. The number of rotatable bonds is 6. The Morgan fingerprint density at radius 3 is 2.24 bits per heavy atom. The van der Waals surface area contributed by atoms with Crippen LogP contribution in [-0.4, -0.2) is 15.9 Å². The largest absolute Gasteiger partial charge is 0.399 e. The Kier molecular flexibility index (Phi) is 6.79. The van der Waals surface area contributed by atoms with E-state index in [2.05, 4.69) is 10.3 Å². The molecule has 1 amide bonds. The van der Waals surface area contributed by atoms with E-state index in [-0.39, 0.29) is 5.82 Å². The van der Waals surface area contributed by atoms with Gasteiger partial charge in [0.15, 0.2) is 29.1 Å². The fourth-order valence-electron chi connectivity index (χ4n) is 4.52. The molecule has 1 aliphatic carbocycles. The van der Waals surface area contributed by atoms with E-state index in [1.165, 1.54) is 0 Å². The highest BCUT2D eigenvalue weighted by atomic mass is 19.2. The lowest BCUT2D eigenvalue weighted by atomic mass is 9.91. The van der Waals surface area contributed by atoms with Crippen LogP contribution in [0, 0.1) is 29.1 Å². The van der Waals surface area contributed by atoms with Crippen molar-refractivity contribution >= 4 is 17.4 Å². The lowest BCUT2D eigenvalue weighted by Gasteiger charge is -2.21. The summed E-state index contributed by atoms with van der Waals surface area (Å²) in [5.74, 6) is -11.5. The summed E-state index contributed by atoms with van der Waals surface area (Å²) in [6.45, 7) is 0. The molecule has 1 heterocycles. The molecule has 10 heteroatoms. The fraction of sp³-hybridized carbons (Fsp3) is 0.179. The summed E-state index contributed by atoms with van der Waals surface area (Å²) in [5, 5.41) is 2.48. The van der Waals surface area contributed by atoms with E-state index in [9.17, 15) is 26.7 Å². The maximum atomic E-state index is 14.1. The molecule has 4 aromatic rings. The molecule has 194 valence electrons. The van der Waals surface area contributed by atoms with Crippen molar-refractivity contribution in [3.05, 3.63) is 106 Å². The van der Waals surface area contributed by atoms with Crippen molar-refractivity contribution in [3.63, 3.8) is 0 Å². The minimum absolute atomic E-state index is 0.0763. The van der Waals surface area contributed by atoms with Crippen molar-refractivity contribution in [1.29, 1.82) is 0 Å². The average Bonchev–Trinajstić information content (AvgIpc) is 2.92. The highest BCUT2D eigenvalue weighted by molar-refractivity contribution is 5.92. The summed E-state index contributed by atoms with van der Waals surface area (Å²) in [6.07, 6.45) is 1.00. The quantitative estimate of drug-likeness (QED) is 0.151. The number of aryl methyl sites for hydroxylation is 4. The van der Waals surface area contributed by atoms with Crippen LogP contribution in [0.5, 0.6) is 0 Å². The van der Waals surface area contributed by atoms with Crippen LogP contribution in [0.1, 0.15) is 28.1 Å². The summed E-state index contributed by atoms with van der Waals surface area (Å²) in [5.41, 5.74) is 9.91. The molecule has 0 atom stereocenters. The van der Waals surface area contributed by atoms with Crippen molar-refractivity contribution in [2.75, 3.05) is 11.1 Å². The molecule has 0 unspecified atom stereocenters. The van der Waals surface area contributed by atoms with Crippen molar-refractivity contribution in [1.82, 2.24) is 9.97 Å². The molecule has 3 N–H and O–H groups in total. The smallest absolute Gasteiger partial charge is 0.230 e. The molecule has 1 aromatic heterocycles. The monoisotopic (exact) mass is 524 g/mol. The van der Waals surface area contributed by atoms with Gasteiger partial charge in [-0.2, -0.15) is 0 Å². The standard InChI is InChI=1S/C28H21F5N4O/c29-22-18(23(30)25(32)26(33)24(22)31)13-21(38)37-28-20(10-6-14-4-2-1-3-5-14)35-27-17-9-8-16(34)12-15(17)7-11-19(27)36-28/h1-5,8-9,12H,6-7,10-11,13,34H2,(H,36,37,38). The number of nitrogens with one attached hydrogen (secondary N) is 1. The van der Waals surface area contributed by atoms with Crippen LogP contribution in [0.2, 0.25) is 0 Å². The molecule has 0 bridgehead atoms. The number of hydrogen-bond donors (Lipinski definition) is 2. The Morgan fingerprint density at radius 1 is 0.842 bits per heavy atom. The highest BCUT2D eigenvalue weighted by Crippen LogP contribution is 2.34. The van der Waals surface area contributed by atoms with Crippen LogP contribution >= 0.6 is 0 Å². The minimum atomic E-state index is -2.28. The van der Waals surface area contributed by atoms with E-state index in [1.54, 1.807) is 6.07 Å². The number of nitrogen functional groups attached to an aromatic ring is 1. The number of nitrogens with zero attached hydrogens (tertiary/aromatic N) is 2. The van der Waals surface area contributed by atoms with Gasteiger partial charge >= 0.3 is 0 Å². The van der Waals surface area contributed by atoms with Gasteiger partial charge in [0.05, 0.1) is 23.5 Å². The molecule has 0 fully saturated rings. The summed E-state index contributed by atoms with van der Waals surface area (Å²) in [4.78, 5) is 22.2. The Balaban J connectivity index is 1.49. The van der Waals surface area contributed by atoms with Crippen molar-refractivity contribution in [3.8, 4) is 11.3 Å². The van der Waals surface area contributed by atoms with E-state index in [4.69, 9.17) is 10.7 Å². The Labute approximate surface area is 214 Å². The molecule has 0 saturated carbocycles. The van der Waals surface area contributed by atoms with Crippen molar-refractivity contribution in [2.45, 2.75) is 32.1 Å². The first-order valence-electron chi connectivity index (χ1n) is 11.9. The molecule has 0 radical (unpaired) electrons. The third kappa shape index (κ3) is 4.81. The van der Waals surface area contributed by atoms with Crippen LogP contribution in [-0.2, 0) is 36.9 Å². The Bertz CT molecular complexity index is 1530. The van der Waals surface area contributed by atoms with Gasteiger partial charge in [0, 0.05) is 16.8 Å². The molecule has 0 spiro atoms. The predicted octanol–water partition coefficient (Wildman–Crippen LogP) is 5.49. The first-order valence-corrected chi connectivity index (χ1v) is 11.9. The van der Waals surface area contributed by atoms with Gasteiger partial charge in [0.2, 0.25) is 11.7 Å². The van der Waals surface area contributed by atoms with Gasteiger partial charge in [0.25, 0.3) is 0 Å². The maximum absolute atomic E-state index is 14.1. The van der Waals surface area contributed by atoms with Gasteiger partial charge < -0.3 is 11.1 Å². The van der Waals surface area contributed by atoms with Crippen LogP contribution in [0.25, 0.3) is 11.3 Å². The lowest BCUT2D eigenvalue weighted by molar-refractivity contribution is -0.115. The summed E-state index contributed by atoms with van der Waals surface area (Å²) < 4.78 is 68.9. The minimum Gasteiger partial charge on any atom is -0.399 e. The summed E-state index contributed by atoms with van der Waals surface area (Å²) in [7, 11) is 0. The fourth-order valence-corrected chi connectivity index (χ4v) is 4.52. The van der Waals surface area contributed by atoms with E-state index >= 15 is 0 Å². The number of nitrogens with two attached hydrogens (primary N) is 1. The van der Waals surface area contributed by atoms with Crippen LogP contribution in [0.15, 0.2) is 48.5 Å². The first-order chi connectivity index (χ1) is 18.2. The molecule has 3 aromatic carbocycles. The number of fused-ring (bicyclic) bond motifs is 3. The molecule has 0 aliphatic heterocycles. The molecule has 0 saturated heterocycles. The van der Waals surface area contributed by atoms with Gasteiger partial charge in [-0.05, 0) is 48.9 Å². The third-order valence-electron chi connectivity index (χ3n) is 6.44. The number of carbonyl (C=O) groups excluding carboxylic acids is 1. The topological polar surface area (TPSA) is 80.9 Å². The number of aromatic nitrogens is 2. The SMILES string of the molecule is Nc1ccc2c(c1)CCc1nc(NC(=O)Cc3c(F)c(F)c(F)c(F)c3F)c(CCc3ccccc3)nc1-2. The first kappa shape index (κ1) is 25.3. The molecule has 5 nitrogen and oxygen atoms in total. The van der Waals surface area contributed by atoms with Gasteiger partial charge in [-0.15, -0.1) is 0 Å². The van der Waals surface area contributed by atoms with E-state index in [0.717, 1.165) is 16.7 Å². The normalized spacial score (nSPS) is 12.1. The molecule has 38 heavy (non-hydrogen) atoms. The predicted molar refractivity (Wildman–Crippen MR) is 132 cm³/mol. The zero-order valence-corrected chi connectivity index (χ0v) is 19.9. The molecule has 1 aliphatic rings. The lowest BCUT2D eigenvalue weighted by Crippen LogP contribution is -2.22. The van der Waals surface area contributed by atoms with Gasteiger partial charge in [-0.3, -0.25) is 4.79 Å². The Morgan fingerprint density at radius 2 is 1.53 bits per heavy atom. The zero-order chi connectivity index (χ0) is 27.0. The van der Waals surface area contributed by atoms with Gasteiger partial charge in [0.1, 0.15) is 0 Å². The van der Waals surface area contributed by atoms with Crippen molar-refractivity contribution in [2.24, 2.45) is 0 Å². The maximum Gasteiger partial charge on any atom is 0.230 e. The second-order valence-electron chi connectivity index (χ2n) is 8.99. The zero-order valence-electron chi connectivity index (χ0n) is 19.9. The van der Waals surface area contributed by atoms with Crippen molar-refractivity contribution < 1.29 is 26.7 Å². The summed E-state index contributed by atoms with van der Waals surface area (Å²) in [6, 6.07) is 15.0.